The maximum Gasteiger partial charge on any atom is 0.244 e. The number of allylic oxidation sites excluding steroid dienone is 1. The van der Waals surface area contributed by atoms with Crippen molar-refractivity contribution in [3.05, 3.63) is 118 Å². The Kier molecular flexibility index (Phi) is 4.00. The summed E-state index contributed by atoms with van der Waals surface area (Å²) in [6.07, 6.45) is 4.14. The van der Waals surface area contributed by atoms with E-state index in [9.17, 15) is 9.59 Å². The summed E-state index contributed by atoms with van der Waals surface area (Å²) >= 11 is 6.14. The molecule has 0 saturated carbocycles. The van der Waals surface area contributed by atoms with Crippen LogP contribution in [0, 0.1) is 5.92 Å². The molecule has 4 aliphatic rings. The highest BCUT2D eigenvalue weighted by molar-refractivity contribution is 6.30. The van der Waals surface area contributed by atoms with Gasteiger partial charge in [0.25, 0.3) is 0 Å². The molecule has 0 N–H and O–H groups in total. The Morgan fingerprint density at radius 1 is 0.871 bits per heavy atom. The lowest BCUT2D eigenvalue weighted by molar-refractivity contribution is -0.140. The number of carbonyl (C=O) groups is 2. The van der Waals surface area contributed by atoms with Crippen LogP contribution < -0.4 is 0 Å². The van der Waals surface area contributed by atoms with E-state index in [1.54, 1.807) is 0 Å². The standard InChI is InChI=1S/C27H20ClNO2/c28-19-12-10-18(11-13-19)23-21-14-15-27(22-9-5-4-8-20(21)22)24(23)25(30)29(26(27)31)16-17-6-2-1-3-7-17/h1-15,21,23-24H,16H2/t21-,23+,24+,27-/m1/s1. The molecule has 1 saturated heterocycles. The van der Waals surface area contributed by atoms with Crippen molar-refractivity contribution >= 4 is 23.4 Å². The van der Waals surface area contributed by atoms with Gasteiger partial charge in [-0.25, -0.2) is 0 Å². The molecule has 1 fully saturated rings. The first kappa shape index (κ1) is 18.6. The molecule has 4 heteroatoms. The third kappa shape index (κ3) is 2.47. The van der Waals surface area contributed by atoms with Crippen LogP contribution in [0.15, 0.2) is 91.0 Å². The number of hydrogen-bond donors (Lipinski definition) is 0. The molecule has 3 aromatic rings. The van der Waals surface area contributed by atoms with Crippen molar-refractivity contribution in [2.45, 2.75) is 23.8 Å². The van der Waals surface area contributed by atoms with Gasteiger partial charge in [-0.15, -0.1) is 0 Å². The van der Waals surface area contributed by atoms with E-state index in [0.717, 1.165) is 22.3 Å². The topological polar surface area (TPSA) is 37.4 Å². The molecule has 0 unspecified atom stereocenters. The highest BCUT2D eigenvalue weighted by atomic mass is 35.5. The van der Waals surface area contributed by atoms with Crippen molar-refractivity contribution < 1.29 is 9.59 Å². The predicted molar refractivity (Wildman–Crippen MR) is 120 cm³/mol. The zero-order valence-electron chi connectivity index (χ0n) is 16.7. The van der Waals surface area contributed by atoms with Crippen LogP contribution in [0.3, 0.4) is 0 Å². The second kappa shape index (κ2) is 6.66. The largest absolute Gasteiger partial charge is 0.277 e. The molecular weight excluding hydrogens is 406 g/mol. The fourth-order valence-electron chi connectivity index (χ4n) is 5.85. The van der Waals surface area contributed by atoms with Crippen molar-refractivity contribution in [2.24, 2.45) is 5.92 Å². The van der Waals surface area contributed by atoms with Gasteiger partial charge in [0.2, 0.25) is 11.8 Å². The number of hydrogen-bond acceptors (Lipinski definition) is 2. The third-order valence-electron chi connectivity index (χ3n) is 7.14. The van der Waals surface area contributed by atoms with Gasteiger partial charge >= 0.3 is 0 Å². The summed E-state index contributed by atoms with van der Waals surface area (Å²) in [7, 11) is 0. The third-order valence-corrected chi connectivity index (χ3v) is 7.39. The van der Waals surface area contributed by atoms with Gasteiger partial charge in [-0.1, -0.05) is 90.5 Å². The lowest BCUT2D eigenvalue weighted by Crippen LogP contribution is -2.49. The number of carbonyl (C=O) groups excluding carboxylic acids is 2. The van der Waals surface area contributed by atoms with Crippen LogP contribution in [-0.4, -0.2) is 16.7 Å². The maximum atomic E-state index is 14.0. The summed E-state index contributed by atoms with van der Waals surface area (Å²) in [5.41, 5.74) is 3.18. The Morgan fingerprint density at radius 2 is 1.58 bits per heavy atom. The van der Waals surface area contributed by atoms with Crippen LogP contribution >= 0.6 is 11.6 Å². The summed E-state index contributed by atoms with van der Waals surface area (Å²) in [6, 6.07) is 25.5. The van der Waals surface area contributed by atoms with Gasteiger partial charge < -0.3 is 0 Å². The van der Waals surface area contributed by atoms with Crippen molar-refractivity contribution in [1.82, 2.24) is 4.90 Å². The van der Waals surface area contributed by atoms with E-state index in [2.05, 4.69) is 12.1 Å². The average Bonchev–Trinajstić information content (AvgIpc) is 3.03. The van der Waals surface area contributed by atoms with Gasteiger partial charge in [0.15, 0.2) is 0 Å². The quantitative estimate of drug-likeness (QED) is 0.426. The Hall–Kier alpha value is -3.17. The lowest BCUT2D eigenvalue weighted by atomic mass is 9.51. The van der Waals surface area contributed by atoms with Gasteiger partial charge in [-0.05, 0) is 34.4 Å². The minimum atomic E-state index is -0.943. The molecule has 1 heterocycles. The molecule has 1 spiro atoms. The van der Waals surface area contributed by atoms with E-state index in [1.165, 1.54) is 4.90 Å². The molecule has 4 atom stereocenters. The minimum Gasteiger partial charge on any atom is -0.277 e. The van der Waals surface area contributed by atoms with Gasteiger partial charge in [-0.3, -0.25) is 14.5 Å². The van der Waals surface area contributed by atoms with Crippen LogP contribution in [0.25, 0.3) is 0 Å². The highest BCUT2D eigenvalue weighted by Gasteiger charge is 2.67. The normalized spacial score (nSPS) is 28.0. The Morgan fingerprint density at radius 3 is 2.35 bits per heavy atom. The molecule has 0 radical (unpaired) electrons. The summed E-state index contributed by atoms with van der Waals surface area (Å²) in [5.74, 6) is -0.702. The monoisotopic (exact) mass is 425 g/mol. The van der Waals surface area contributed by atoms with Crippen LogP contribution in [0.5, 0.6) is 0 Å². The van der Waals surface area contributed by atoms with E-state index in [4.69, 9.17) is 11.6 Å². The molecule has 152 valence electrons. The number of rotatable bonds is 3. The van der Waals surface area contributed by atoms with Crippen molar-refractivity contribution in [1.29, 1.82) is 0 Å². The van der Waals surface area contributed by atoms with E-state index in [0.29, 0.717) is 11.6 Å². The van der Waals surface area contributed by atoms with Crippen molar-refractivity contribution in [2.75, 3.05) is 0 Å². The summed E-state index contributed by atoms with van der Waals surface area (Å²) in [6.45, 7) is 0.296. The Balaban J connectivity index is 1.54. The summed E-state index contributed by atoms with van der Waals surface area (Å²) < 4.78 is 0. The second-order valence-electron chi connectivity index (χ2n) is 8.61. The number of likely N-dealkylation sites (tertiary alicyclic amines) is 1. The number of benzene rings is 3. The molecule has 3 aliphatic carbocycles. The fourth-order valence-corrected chi connectivity index (χ4v) is 5.97. The lowest BCUT2D eigenvalue weighted by Gasteiger charge is -2.48. The molecule has 3 nitrogen and oxygen atoms in total. The van der Waals surface area contributed by atoms with Gasteiger partial charge in [0, 0.05) is 16.9 Å². The highest BCUT2D eigenvalue weighted by Crippen LogP contribution is 2.62. The fraction of sp³-hybridized carbons (Fsp3) is 0.185. The molecule has 31 heavy (non-hydrogen) atoms. The first-order chi connectivity index (χ1) is 15.1. The first-order valence-electron chi connectivity index (χ1n) is 10.6. The molecule has 7 rings (SSSR count). The number of amides is 2. The molecule has 3 aromatic carbocycles. The molecule has 2 amide bonds. The predicted octanol–water partition coefficient (Wildman–Crippen LogP) is 5.21. The Labute approximate surface area is 186 Å². The van der Waals surface area contributed by atoms with Crippen LogP contribution in [-0.2, 0) is 21.5 Å². The van der Waals surface area contributed by atoms with E-state index < -0.39 is 11.3 Å². The smallest absolute Gasteiger partial charge is 0.244 e. The number of nitrogens with zero attached hydrogens (tertiary/aromatic N) is 1. The van der Waals surface area contributed by atoms with Gasteiger partial charge in [0.05, 0.1) is 12.5 Å². The molecular formula is C27H20ClNO2. The van der Waals surface area contributed by atoms with E-state index in [1.807, 2.05) is 78.9 Å². The molecule has 1 aliphatic heterocycles. The average molecular weight is 426 g/mol. The Bertz CT molecular complexity index is 1230. The zero-order valence-corrected chi connectivity index (χ0v) is 17.5. The second-order valence-corrected chi connectivity index (χ2v) is 9.05. The summed E-state index contributed by atoms with van der Waals surface area (Å²) in [5, 5.41) is 0.662. The van der Waals surface area contributed by atoms with Crippen molar-refractivity contribution in [3.8, 4) is 0 Å². The number of imide groups is 1. The van der Waals surface area contributed by atoms with Gasteiger partial charge in [-0.2, -0.15) is 0 Å². The molecule has 0 aromatic heterocycles. The zero-order chi connectivity index (χ0) is 21.2. The SMILES string of the molecule is O=C1[C@@H]2[C@@H](c3ccc(Cl)cc3)[C@@H]3C=C[C@@]2(C(=O)N1Cc1ccccc1)c1ccccc13. The number of halogens is 1. The first-order valence-corrected chi connectivity index (χ1v) is 10.9. The van der Waals surface area contributed by atoms with Crippen LogP contribution in [0.4, 0.5) is 0 Å². The van der Waals surface area contributed by atoms with Crippen LogP contribution in [0.1, 0.15) is 34.1 Å². The van der Waals surface area contributed by atoms with E-state index >= 15 is 0 Å². The molecule has 2 bridgehead atoms. The summed E-state index contributed by atoms with van der Waals surface area (Å²) in [4.78, 5) is 29.3. The minimum absolute atomic E-state index is 0.0534. The van der Waals surface area contributed by atoms with Crippen LogP contribution in [0.2, 0.25) is 5.02 Å². The maximum absolute atomic E-state index is 14.0. The van der Waals surface area contributed by atoms with Gasteiger partial charge in [0.1, 0.15) is 5.41 Å². The van der Waals surface area contributed by atoms with E-state index in [-0.39, 0.29) is 23.7 Å². The van der Waals surface area contributed by atoms with Crippen molar-refractivity contribution in [3.63, 3.8) is 0 Å².